The second-order valence-corrected chi connectivity index (χ2v) is 4.74. The Morgan fingerprint density at radius 2 is 2.27 bits per heavy atom. The zero-order valence-corrected chi connectivity index (χ0v) is 10.8. The van der Waals surface area contributed by atoms with Crippen LogP contribution in [0, 0.1) is 3.57 Å². The maximum absolute atomic E-state index is 11.6. The molecule has 0 saturated heterocycles. The molecule has 0 aliphatic rings. The van der Waals surface area contributed by atoms with E-state index in [-0.39, 0.29) is 6.61 Å². The third-order valence-electron chi connectivity index (χ3n) is 2.41. The van der Waals surface area contributed by atoms with Crippen LogP contribution < -0.4 is 0 Å². The molecule has 0 aromatic heterocycles. The molecule has 1 unspecified atom stereocenters. The van der Waals surface area contributed by atoms with Crippen molar-refractivity contribution < 1.29 is 14.6 Å². The number of carbonyl (C=O) groups excluding carboxylic acids is 1. The van der Waals surface area contributed by atoms with Crippen LogP contribution in [0.25, 0.3) is 0 Å². The van der Waals surface area contributed by atoms with Gasteiger partial charge in [0.15, 0.2) is 0 Å². The van der Waals surface area contributed by atoms with Crippen molar-refractivity contribution in [3.63, 3.8) is 0 Å². The Kier molecular flexibility index (Phi) is 4.10. The topological polar surface area (TPSA) is 46.5 Å². The Hall–Kier alpha value is -0.620. The molecule has 0 bridgehead atoms. The number of ether oxygens (including phenoxy) is 1. The number of hydrogen-bond donors (Lipinski definition) is 1. The molecule has 1 aromatic rings. The Morgan fingerprint density at radius 1 is 1.60 bits per heavy atom. The highest BCUT2D eigenvalue weighted by atomic mass is 127. The third-order valence-corrected chi connectivity index (χ3v) is 3.08. The number of carbonyl (C=O) groups is 1. The van der Waals surface area contributed by atoms with Gasteiger partial charge in [0.05, 0.1) is 13.7 Å². The molecule has 0 aliphatic carbocycles. The lowest BCUT2D eigenvalue weighted by molar-refractivity contribution is -0.148. The molecule has 1 rings (SSSR count). The maximum Gasteiger partial charge on any atom is 0.318 e. The summed E-state index contributed by atoms with van der Waals surface area (Å²) in [6.07, 6.45) is 0. The standard InChI is InChI=1S/C11H13IO3/c1-11(7-13,10(14)15-2)8-4-3-5-9(12)6-8/h3-6,13H,7H2,1-2H3. The van der Waals surface area contributed by atoms with E-state index in [9.17, 15) is 9.90 Å². The minimum atomic E-state index is -0.976. The SMILES string of the molecule is COC(=O)C(C)(CO)c1cccc(I)c1. The highest BCUT2D eigenvalue weighted by Gasteiger charge is 2.35. The lowest BCUT2D eigenvalue weighted by atomic mass is 9.83. The number of hydrogen-bond acceptors (Lipinski definition) is 3. The maximum atomic E-state index is 11.6. The zero-order valence-electron chi connectivity index (χ0n) is 8.66. The first kappa shape index (κ1) is 12.4. The Labute approximate surface area is 103 Å². The van der Waals surface area contributed by atoms with Gasteiger partial charge in [-0.05, 0) is 47.2 Å². The van der Waals surface area contributed by atoms with Gasteiger partial charge in [-0.25, -0.2) is 0 Å². The van der Waals surface area contributed by atoms with Crippen molar-refractivity contribution in [2.24, 2.45) is 0 Å². The predicted molar refractivity (Wildman–Crippen MR) is 65.6 cm³/mol. The van der Waals surface area contributed by atoms with Crippen molar-refractivity contribution in [2.45, 2.75) is 12.3 Å². The molecular formula is C11H13IO3. The van der Waals surface area contributed by atoms with E-state index in [0.717, 1.165) is 9.13 Å². The van der Waals surface area contributed by atoms with Gasteiger partial charge in [0, 0.05) is 3.57 Å². The summed E-state index contributed by atoms with van der Waals surface area (Å²) < 4.78 is 5.72. The third kappa shape index (κ3) is 2.49. The summed E-state index contributed by atoms with van der Waals surface area (Å²) in [5, 5.41) is 9.33. The Morgan fingerprint density at radius 3 is 2.73 bits per heavy atom. The van der Waals surface area contributed by atoms with E-state index in [2.05, 4.69) is 22.6 Å². The highest BCUT2D eigenvalue weighted by molar-refractivity contribution is 14.1. The molecule has 3 nitrogen and oxygen atoms in total. The summed E-state index contributed by atoms with van der Waals surface area (Å²) in [7, 11) is 1.32. The number of rotatable bonds is 3. The summed E-state index contributed by atoms with van der Waals surface area (Å²) in [5.41, 5.74) is -0.209. The van der Waals surface area contributed by atoms with Gasteiger partial charge < -0.3 is 9.84 Å². The van der Waals surface area contributed by atoms with Crippen LogP contribution in [0.2, 0.25) is 0 Å². The summed E-state index contributed by atoms with van der Waals surface area (Å²) in [6.45, 7) is 1.41. The number of halogens is 1. The second kappa shape index (κ2) is 4.94. The first-order valence-electron chi connectivity index (χ1n) is 4.50. The normalized spacial score (nSPS) is 14.4. The van der Waals surface area contributed by atoms with Gasteiger partial charge in [0.25, 0.3) is 0 Å². The van der Waals surface area contributed by atoms with Crippen molar-refractivity contribution in [2.75, 3.05) is 13.7 Å². The smallest absolute Gasteiger partial charge is 0.318 e. The zero-order chi connectivity index (χ0) is 11.5. The molecule has 0 heterocycles. The van der Waals surface area contributed by atoms with Gasteiger partial charge in [-0.15, -0.1) is 0 Å². The van der Waals surface area contributed by atoms with E-state index in [1.807, 2.05) is 24.3 Å². The molecule has 0 fully saturated rings. The molecule has 82 valence electrons. The first-order chi connectivity index (χ1) is 7.04. The van der Waals surface area contributed by atoms with E-state index < -0.39 is 11.4 Å². The van der Waals surface area contributed by atoms with Gasteiger partial charge in [-0.2, -0.15) is 0 Å². The molecule has 0 saturated carbocycles. The number of aliphatic hydroxyl groups excluding tert-OH is 1. The summed E-state index contributed by atoms with van der Waals surface area (Å²) in [5.74, 6) is -0.424. The van der Waals surface area contributed by atoms with Crippen LogP contribution in [0.15, 0.2) is 24.3 Å². The van der Waals surface area contributed by atoms with E-state index >= 15 is 0 Å². The van der Waals surface area contributed by atoms with Crippen LogP contribution in [0.5, 0.6) is 0 Å². The van der Waals surface area contributed by atoms with Crippen molar-refractivity contribution >= 4 is 28.6 Å². The summed E-state index contributed by atoms with van der Waals surface area (Å²) in [4.78, 5) is 11.6. The molecule has 0 spiro atoms. The van der Waals surface area contributed by atoms with Gasteiger partial charge >= 0.3 is 5.97 Å². The second-order valence-electron chi connectivity index (χ2n) is 3.49. The minimum Gasteiger partial charge on any atom is -0.468 e. The number of esters is 1. The van der Waals surface area contributed by atoms with Crippen LogP contribution in [0.1, 0.15) is 12.5 Å². The molecule has 15 heavy (non-hydrogen) atoms. The molecule has 4 heteroatoms. The predicted octanol–water partition coefficient (Wildman–Crippen LogP) is 1.71. The molecule has 1 N–H and O–H groups in total. The Balaban J connectivity index is 3.16. The van der Waals surface area contributed by atoms with Crippen LogP contribution in [-0.4, -0.2) is 24.8 Å². The molecule has 0 amide bonds. The minimum absolute atomic E-state index is 0.264. The van der Waals surface area contributed by atoms with Crippen LogP contribution in [0.4, 0.5) is 0 Å². The number of methoxy groups -OCH3 is 1. The molecule has 1 atom stereocenters. The van der Waals surface area contributed by atoms with Crippen molar-refractivity contribution in [1.29, 1.82) is 0 Å². The van der Waals surface area contributed by atoms with Gasteiger partial charge in [-0.3, -0.25) is 4.79 Å². The molecule has 0 aliphatic heterocycles. The summed E-state index contributed by atoms with van der Waals surface area (Å²) in [6, 6.07) is 7.47. The van der Waals surface area contributed by atoms with Crippen molar-refractivity contribution in [3.8, 4) is 0 Å². The number of aliphatic hydroxyl groups is 1. The largest absolute Gasteiger partial charge is 0.468 e. The quantitative estimate of drug-likeness (QED) is 0.681. The average molecular weight is 320 g/mol. The van der Waals surface area contributed by atoms with Crippen LogP contribution in [-0.2, 0) is 14.9 Å². The van der Waals surface area contributed by atoms with E-state index in [0.29, 0.717) is 0 Å². The first-order valence-corrected chi connectivity index (χ1v) is 5.58. The van der Waals surface area contributed by atoms with Gasteiger partial charge in [-0.1, -0.05) is 12.1 Å². The van der Waals surface area contributed by atoms with Crippen molar-refractivity contribution in [3.05, 3.63) is 33.4 Å². The van der Waals surface area contributed by atoms with Gasteiger partial charge in [0.2, 0.25) is 0 Å². The summed E-state index contributed by atoms with van der Waals surface area (Å²) >= 11 is 2.16. The Bertz CT molecular complexity index is 365. The average Bonchev–Trinajstić information content (AvgIpc) is 2.26. The molecule has 1 aromatic carbocycles. The lowest BCUT2D eigenvalue weighted by Crippen LogP contribution is -2.37. The van der Waals surface area contributed by atoms with Crippen LogP contribution >= 0.6 is 22.6 Å². The molecule has 0 radical (unpaired) electrons. The number of benzene rings is 1. The fourth-order valence-electron chi connectivity index (χ4n) is 1.33. The monoisotopic (exact) mass is 320 g/mol. The lowest BCUT2D eigenvalue weighted by Gasteiger charge is -2.24. The van der Waals surface area contributed by atoms with Gasteiger partial charge in [0.1, 0.15) is 5.41 Å². The fraction of sp³-hybridized carbons (Fsp3) is 0.364. The van der Waals surface area contributed by atoms with E-state index in [4.69, 9.17) is 4.74 Å². The van der Waals surface area contributed by atoms with Crippen LogP contribution in [0.3, 0.4) is 0 Å². The fourth-order valence-corrected chi connectivity index (χ4v) is 1.87. The van der Waals surface area contributed by atoms with E-state index in [1.54, 1.807) is 6.92 Å². The van der Waals surface area contributed by atoms with E-state index in [1.165, 1.54) is 7.11 Å². The molecular weight excluding hydrogens is 307 g/mol. The van der Waals surface area contributed by atoms with Crippen molar-refractivity contribution in [1.82, 2.24) is 0 Å². The highest BCUT2D eigenvalue weighted by Crippen LogP contribution is 2.25.